The summed E-state index contributed by atoms with van der Waals surface area (Å²) in [5.74, 6) is -0.961. The molecule has 4 rings (SSSR count). The first-order valence-electron chi connectivity index (χ1n) is 11.2. The summed E-state index contributed by atoms with van der Waals surface area (Å²) in [4.78, 5) is 27.3. The Morgan fingerprint density at radius 2 is 1.69 bits per heavy atom. The molecule has 1 heterocycles. The van der Waals surface area contributed by atoms with Crippen LogP contribution in [0.4, 0.5) is 0 Å². The number of carbonyl (C=O) groups is 2. The average Bonchev–Trinajstić information content (AvgIpc) is 3.12. The van der Waals surface area contributed by atoms with Gasteiger partial charge in [-0.2, -0.15) is 0 Å². The topological polar surface area (TPSA) is 76.1 Å². The predicted molar refractivity (Wildman–Crippen MR) is 137 cm³/mol. The van der Waals surface area contributed by atoms with Gasteiger partial charge in [-0.15, -0.1) is 0 Å². The third-order valence-corrected chi connectivity index (χ3v) is 6.57. The van der Waals surface area contributed by atoms with E-state index in [1.54, 1.807) is 24.3 Å². The van der Waals surface area contributed by atoms with Crippen molar-refractivity contribution in [3.63, 3.8) is 0 Å². The van der Waals surface area contributed by atoms with E-state index in [0.717, 1.165) is 21.2 Å². The fraction of sp³-hybridized carbons (Fsp3) is 0.214. The maximum Gasteiger partial charge on any atom is 0.295 e. The summed E-state index contributed by atoms with van der Waals surface area (Å²) in [6.07, 6.45) is 0. The first-order chi connectivity index (χ1) is 16.9. The molecule has 1 fully saturated rings. The predicted octanol–water partition coefficient (Wildman–Crippen LogP) is 5.40. The molecule has 35 heavy (non-hydrogen) atoms. The van der Waals surface area contributed by atoms with Gasteiger partial charge in [0, 0.05) is 23.7 Å². The van der Waals surface area contributed by atoms with Crippen LogP contribution < -0.4 is 4.74 Å². The number of benzene rings is 3. The Hall–Kier alpha value is -3.42. The number of aliphatic hydroxyl groups is 1. The van der Waals surface area contributed by atoms with Gasteiger partial charge in [-0.05, 0) is 60.0 Å². The molecule has 1 aliphatic rings. The molecule has 6 nitrogen and oxygen atoms in total. The van der Waals surface area contributed by atoms with Crippen LogP contribution in [-0.4, -0.2) is 42.0 Å². The Kier molecular flexibility index (Phi) is 7.68. The van der Waals surface area contributed by atoms with Gasteiger partial charge in [0.05, 0.1) is 18.2 Å². The number of halogens is 1. The lowest BCUT2D eigenvalue weighted by molar-refractivity contribution is -0.140. The Bertz CT molecular complexity index is 1250. The van der Waals surface area contributed by atoms with E-state index in [9.17, 15) is 14.7 Å². The van der Waals surface area contributed by atoms with Crippen molar-refractivity contribution in [1.29, 1.82) is 0 Å². The van der Waals surface area contributed by atoms with Crippen molar-refractivity contribution in [2.24, 2.45) is 0 Å². The lowest BCUT2D eigenvalue weighted by Gasteiger charge is -2.25. The van der Waals surface area contributed by atoms with E-state index in [4.69, 9.17) is 9.47 Å². The van der Waals surface area contributed by atoms with Crippen LogP contribution in [0.25, 0.3) is 5.76 Å². The molecule has 0 spiro atoms. The van der Waals surface area contributed by atoms with Gasteiger partial charge in [0.25, 0.3) is 11.7 Å². The second-order valence-corrected chi connectivity index (χ2v) is 9.19. The maximum atomic E-state index is 13.0. The van der Waals surface area contributed by atoms with Crippen molar-refractivity contribution >= 4 is 33.4 Å². The van der Waals surface area contributed by atoms with Crippen molar-refractivity contribution in [2.75, 3.05) is 20.3 Å². The molecule has 0 aliphatic carbocycles. The number of Topliss-reactive ketones (excluding diaryl/α,β-unsaturated/α-hetero) is 1. The number of methoxy groups -OCH3 is 1. The first kappa shape index (κ1) is 24.7. The minimum atomic E-state index is -0.716. The highest BCUT2D eigenvalue weighted by Gasteiger charge is 2.45. The standard InChI is InChI=1S/C28H26BrNO5/c1-18-5-3-4-6-21(18)17-35-23-13-9-20(10-14-23)26(31)24-25(19-7-11-22(29)12-8-19)30(15-16-34-2)28(33)27(24)32/h3-14,25,31H,15-17H2,1-2H3/b26-24+. The fourth-order valence-electron chi connectivity index (χ4n) is 4.09. The van der Waals surface area contributed by atoms with Gasteiger partial charge in [0.15, 0.2) is 0 Å². The quantitative estimate of drug-likeness (QED) is 0.237. The monoisotopic (exact) mass is 535 g/mol. The van der Waals surface area contributed by atoms with Gasteiger partial charge in [-0.3, -0.25) is 9.59 Å². The first-order valence-corrected chi connectivity index (χ1v) is 12.0. The molecule has 1 unspecified atom stereocenters. The molecular weight excluding hydrogens is 510 g/mol. The number of aryl methyl sites for hydroxylation is 1. The van der Waals surface area contributed by atoms with E-state index in [1.165, 1.54) is 12.0 Å². The van der Waals surface area contributed by atoms with Crippen LogP contribution in [0.3, 0.4) is 0 Å². The zero-order chi connectivity index (χ0) is 24.9. The average molecular weight is 536 g/mol. The number of ketones is 1. The van der Waals surface area contributed by atoms with Crippen molar-refractivity contribution in [3.8, 4) is 5.75 Å². The lowest BCUT2D eigenvalue weighted by atomic mass is 9.95. The van der Waals surface area contributed by atoms with Crippen LogP contribution in [0.2, 0.25) is 0 Å². The molecule has 0 aromatic heterocycles. The Morgan fingerprint density at radius 1 is 1.00 bits per heavy atom. The van der Waals surface area contributed by atoms with Crippen LogP contribution in [0, 0.1) is 6.92 Å². The third-order valence-electron chi connectivity index (χ3n) is 6.05. The number of amides is 1. The van der Waals surface area contributed by atoms with Gasteiger partial charge in [-0.25, -0.2) is 0 Å². The van der Waals surface area contributed by atoms with E-state index >= 15 is 0 Å². The number of rotatable bonds is 8. The molecule has 7 heteroatoms. The zero-order valence-electron chi connectivity index (χ0n) is 19.5. The van der Waals surface area contributed by atoms with Crippen LogP contribution in [0.1, 0.15) is 28.3 Å². The number of aliphatic hydroxyl groups excluding tert-OH is 1. The minimum Gasteiger partial charge on any atom is -0.507 e. The van der Waals surface area contributed by atoms with Crippen LogP contribution in [0.5, 0.6) is 5.75 Å². The molecule has 3 aromatic carbocycles. The maximum absolute atomic E-state index is 13.0. The molecule has 1 atom stereocenters. The molecule has 0 bridgehead atoms. The summed E-state index contributed by atoms with van der Waals surface area (Å²) in [7, 11) is 1.54. The number of nitrogens with zero attached hydrogens (tertiary/aromatic N) is 1. The van der Waals surface area contributed by atoms with Crippen LogP contribution >= 0.6 is 15.9 Å². The lowest BCUT2D eigenvalue weighted by Crippen LogP contribution is -2.32. The largest absolute Gasteiger partial charge is 0.507 e. The van der Waals surface area contributed by atoms with Crippen molar-refractivity contribution < 1.29 is 24.2 Å². The van der Waals surface area contributed by atoms with Crippen LogP contribution in [-0.2, 0) is 20.9 Å². The fourth-order valence-corrected chi connectivity index (χ4v) is 4.35. The summed E-state index contributed by atoms with van der Waals surface area (Å²) in [6, 6.07) is 21.5. The van der Waals surface area contributed by atoms with Gasteiger partial charge in [0.2, 0.25) is 0 Å². The molecule has 180 valence electrons. The second kappa shape index (κ2) is 10.9. The SMILES string of the molecule is COCCN1C(=O)C(=O)/C(=C(/O)c2ccc(OCc3ccccc3C)cc2)C1c1ccc(Br)cc1. The highest BCUT2D eigenvalue weighted by molar-refractivity contribution is 9.10. The highest BCUT2D eigenvalue weighted by Crippen LogP contribution is 2.39. The molecule has 1 N–H and O–H groups in total. The minimum absolute atomic E-state index is 0.0574. The molecule has 3 aromatic rings. The van der Waals surface area contributed by atoms with E-state index in [0.29, 0.717) is 17.9 Å². The highest BCUT2D eigenvalue weighted by atomic mass is 79.9. The summed E-state index contributed by atoms with van der Waals surface area (Å²) in [5, 5.41) is 11.2. The van der Waals surface area contributed by atoms with E-state index < -0.39 is 17.7 Å². The van der Waals surface area contributed by atoms with Gasteiger partial charge < -0.3 is 19.5 Å². The molecule has 0 radical (unpaired) electrons. The molecular formula is C28H26BrNO5. The molecule has 1 aliphatic heterocycles. The number of ether oxygens (including phenoxy) is 2. The summed E-state index contributed by atoms with van der Waals surface area (Å²) in [5.41, 5.74) is 3.45. The Morgan fingerprint density at radius 3 is 2.34 bits per heavy atom. The Labute approximate surface area is 212 Å². The van der Waals surface area contributed by atoms with E-state index in [-0.39, 0.29) is 24.5 Å². The van der Waals surface area contributed by atoms with E-state index in [2.05, 4.69) is 15.9 Å². The summed E-state index contributed by atoms with van der Waals surface area (Å²) < 4.78 is 11.9. The van der Waals surface area contributed by atoms with Gasteiger partial charge in [0.1, 0.15) is 18.1 Å². The van der Waals surface area contributed by atoms with Crippen molar-refractivity contribution in [2.45, 2.75) is 19.6 Å². The zero-order valence-corrected chi connectivity index (χ0v) is 21.1. The molecule has 0 saturated carbocycles. The van der Waals surface area contributed by atoms with E-state index in [1.807, 2.05) is 55.5 Å². The van der Waals surface area contributed by atoms with Crippen molar-refractivity contribution in [3.05, 3.63) is 105 Å². The number of likely N-dealkylation sites (tertiary alicyclic amines) is 1. The van der Waals surface area contributed by atoms with Crippen molar-refractivity contribution in [1.82, 2.24) is 4.90 Å². The number of hydrogen-bond donors (Lipinski definition) is 1. The smallest absolute Gasteiger partial charge is 0.295 e. The van der Waals surface area contributed by atoms with Gasteiger partial charge >= 0.3 is 0 Å². The van der Waals surface area contributed by atoms with Gasteiger partial charge in [-0.1, -0.05) is 52.3 Å². The normalized spacial score (nSPS) is 17.1. The summed E-state index contributed by atoms with van der Waals surface area (Å²) >= 11 is 3.41. The number of carbonyl (C=O) groups excluding carboxylic acids is 2. The number of hydrogen-bond acceptors (Lipinski definition) is 5. The molecule has 1 amide bonds. The Balaban J connectivity index is 1.64. The third kappa shape index (κ3) is 5.31. The van der Waals surface area contributed by atoms with Crippen LogP contribution in [0.15, 0.2) is 82.8 Å². The summed E-state index contributed by atoms with van der Waals surface area (Å²) in [6.45, 7) is 2.95. The second-order valence-electron chi connectivity index (χ2n) is 8.28. The molecule has 1 saturated heterocycles.